The largest absolute Gasteiger partial charge is 0.454 e. The van der Waals surface area contributed by atoms with Crippen molar-refractivity contribution in [3.8, 4) is 27.9 Å². The van der Waals surface area contributed by atoms with Crippen LogP contribution in [0.1, 0.15) is 0 Å². The standard InChI is InChI=1S/C54H34N2OS/c1-2-17-38(18-3-1)56-48-27-8-6-22-46(48)54-51(56)47-26-12-24-43(53(47)58-54)37-16-10-19-40(34-37)55(49-28-13-25-45-44-21-7-9-29-50(44)57-52(45)49)39-32-30-36(31-33-39)42-23-11-15-35-14-4-5-20-41(35)42/h1-34H. The topological polar surface area (TPSA) is 21.3 Å². The third-order valence-electron chi connectivity index (χ3n) is 11.6. The summed E-state index contributed by atoms with van der Waals surface area (Å²) >= 11 is 1.89. The second-order valence-corrected chi connectivity index (χ2v) is 15.9. The second kappa shape index (κ2) is 13.1. The van der Waals surface area contributed by atoms with E-state index in [1.165, 1.54) is 64.4 Å². The molecule has 0 aliphatic carbocycles. The van der Waals surface area contributed by atoms with Crippen LogP contribution in [0.2, 0.25) is 0 Å². The van der Waals surface area contributed by atoms with Gasteiger partial charge in [0.15, 0.2) is 5.58 Å². The first-order chi connectivity index (χ1) is 28.8. The van der Waals surface area contributed by atoms with Crippen LogP contribution in [0.25, 0.3) is 91.9 Å². The molecule has 12 rings (SSSR count). The molecule has 272 valence electrons. The van der Waals surface area contributed by atoms with Crippen LogP contribution in [0.15, 0.2) is 211 Å². The molecule has 0 N–H and O–H groups in total. The van der Waals surface area contributed by atoms with Gasteiger partial charge in [0.25, 0.3) is 0 Å². The summed E-state index contributed by atoms with van der Waals surface area (Å²) in [5.74, 6) is 0. The maximum absolute atomic E-state index is 6.69. The fraction of sp³-hybridized carbons (Fsp3) is 0. The maximum Gasteiger partial charge on any atom is 0.159 e. The van der Waals surface area contributed by atoms with E-state index in [1.54, 1.807) is 0 Å². The number of furan rings is 1. The molecular weight excluding hydrogens is 725 g/mol. The molecule has 0 atom stereocenters. The van der Waals surface area contributed by atoms with Gasteiger partial charge in [0.2, 0.25) is 0 Å². The molecule has 3 nitrogen and oxygen atoms in total. The van der Waals surface area contributed by atoms with E-state index in [2.05, 4.69) is 210 Å². The summed E-state index contributed by atoms with van der Waals surface area (Å²) < 4.78 is 11.7. The zero-order valence-electron chi connectivity index (χ0n) is 31.3. The van der Waals surface area contributed by atoms with Crippen molar-refractivity contribution in [2.75, 3.05) is 4.90 Å². The van der Waals surface area contributed by atoms with Gasteiger partial charge in [-0.1, -0.05) is 152 Å². The van der Waals surface area contributed by atoms with Crippen molar-refractivity contribution in [1.82, 2.24) is 4.57 Å². The lowest BCUT2D eigenvalue weighted by atomic mass is 9.98. The maximum atomic E-state index is 6.69. The Morgan fingerprint density at radius 2 is 1.10 bits per heavy atom. The highest BCUT2D eigenvalue weighted by molar-refractivity contribution is 7.27. The SMILES string of the molecule is c1ccc(-n2c3ccccc3c3sc4c(-c5cccc(N(c6ccc(-c7cccc8ccccc78)cc6)c6cccc7c6oc6ccccc67)c5)cccc4c32)cc1. The lowest BCUT2D eigenvalue weighted by Crippen LogP contribution is -2.10. The minimum Gasteiger partial charge on any atom is -0.454 e. The van der Waals surface area contributed by atoms with Crippen LogP contribution in [0.4, 0.5) is 17.1 Å². The Labute approximate surface area is 338 Å². The fourth-order valence-corrected chi connectivity index (χ4v) is 10.3. The van der Waals surface area contributed by atoms with E-state index in [9.17, 15) is 0 Å². The van der Waals surface area contributed by atoms with Crippen LogP contribution < -0.4 is 4.90 Å². The predicted molar refractivity (Wildman–Crippen MR) is 247 cm³/mol. The fourth-order valence-electron chi connectivity index (χ4n) is 8.98. The highest BCUT2D eigenvalue weighted by Crippen LogP contribution is 2.47. The molecule has 0 bridgehead atoms. The number of rotatable bonds is 6. The Morgan fingerprint density at radius 3 is 2.00 bits per heavy atom. The number of nitrogens with zero attached hydrogens (tertiary/aromatic N) is 2. The van der Waals surface area contributed by atoms with Crippen LogP contribution in [0.5, 0.6) is 0 Å². The van der Waals surface area contributed by atoms with Crippen LogP contribution >= 0.6 is 11.3 Å². The highest BCUT2D eigenvalue weighted by atomic mass is 32.1. The van der Waals surface area contributed by atoms with Crippen LogP contribution in [0, 0.1) is 0 Å². The predicted octanol–water partition coefficient (Wildman–Crippen LogP) is 15.9. The van der Waals surface area contributed by atoms with Gasteiger partial charge in [-0.2, -0.15) is 0 Å². The molecule has 4 heteroatoms. The average Bonchev–Trinajstić information content (AvgIpc) is 3.97. The normalized spacial score (nSPS) is 11.8. The second-order valence-electron chi connectivity index (χ2n) is 14.9. The van der Waals surface area contributed by atoms with E-state index in [4.69, 9.17) is 4.42 Å². The Hall–Kier alpha value is -7.40. The number of aromatic nitrogens is 1. The Kier molecular flexibility index (Phi) is 7.40. The summed E-state index contributed by atoms with van der Waals surface area (Å²) in [6.45, 7) is 0. The van der Waals surface area contributed by atoms with Gasteiger partial charge in [0.05, 0.1) is 21.4 Å². The van der Waals surface area contributed by atoms with Gasteiger partial charge >= 0.3 is 0 Å². The summed E-state index contributed by atoms with van der Waals surface area (Å²) in [5.41, 5.74) is 13.3. The first-order valence-corrected chi connectivity index (χ1v) is 20.5. The van der Waals surface area contributed by atoms with Gasteiger partial charge in [-0.05, 0) is 87.6 Å². The number of hydrogen-bond acceptors (Lipinski definition) is 3. The first-order valence-electron chi connectivity index (χ1n) is 19.7. The monoisotopic (exact) mass is 758 g/mol. The van der Waals surface area contributed by atoms with E-state index < -0.39 is 0 Å². The van der Waals surface area contributed by atoms with Crippen LogP contribution in [-0.4, -0.2) is 4.57 Å². The molecule has 12 aromatic rings. The number of fused-ring (bicyclic) bond motifs is 9. The highest BCUT2D eigenvalue weighted by Gasteiger charge is 2.22. The molecular formula is C54H34N2OS. The van der Waals surface area contributed by atoms with Gasteiger partial charge in [0, 0.05) is 43.3 Å². The molecule has 0 saturated carbocycles. The van der Waals surface area contributed by atoms with Gasteiger partial charge in [-0.3, -0.25) is 0 Å². The quantitative estimate of drug-likeness (QED) is 0.168. The molecule has 0 spiro atoms. The molecule has 9 aromatic carbocycles. The zero-order valence-corrected chi connectivity index (χ0v) is 32.2. The van der Waals surface area contributed by atoms with Gasteiger partial charge in [-0.15, -0.1) is 11.3 Å². The van der Waals surface area contributed by atoms with Crippen molar-refractivity contribution in [3.63, 3.8) is 0 Å². The number of hydrogen-bond donors (Lipinski definition) is 0. The molecule has 58 heavy (non-hydrogen) atoms. The van der Waals surface area contributed by atoms with Crippen molar-refractivity contribution in [1.29, 1.82) is 0 Å². The van der Waals surface area contributed by atoms with Gasteiger partial charge in [0.1, 0.15) is 5.58 Å². The van der Waals surface area contributed by atoms with Crippen LogP contribution in [-0.2, 0) is 0 Å². The first kappa shape index (κ1) is 32.8. The van der Waals surface area contributed by atoms with Crippen molar-refractivity contribution in [2.45, 2.75) is 0 Å². The summed E-state index contributed by atoms with van der Waals surface area (Å²) in [4.78, 5) is 2.35. The lowest BCUT2D eigenvalue weighted by Gasteiger charge is -2.26. The summed E-state index contributed by atoms with van der Waals surface area (Å²) in [5, 5.41) is 7.24. The Morgan fingerprint density at radius 1 is 0.431 bits per heavy atom. The molecule has 3 aromatic heterocycles. The van der Waals surface area contributed by atoms with E-state index >= 15 is 0 Å². The van der Waals surface area contributed by atoms with Gasteiger partial charge < -0.3 is 13.9 Å². The van der Waals surface area contributed by atoms with Gasteiger partial charge in [-0.25, -0.2) is 0 Å². The van der Waals surface area contributed by atoms with Crippen molar-refractivity contribution in [3.05, 3.63) is 206 Å². The molecule has 0 saturated heterocycles. The molecule has 0 aliphatic heterocycles. The molecule has 0 unspecified atom stereocenters. The summed E-state index contributed by atoms with van der Waals surface area (Å²) in [7, 11) is 0. The minimum atomic E-state index is 0.865. The molecule has 0 aliphatic rings. The third-order valence-corrected chi connectivity index (χ3v) is 12.8. The van der Waals surface area contributed by atoms with E-state index in [0.717, 1.165) is 44.6 Å². The Bertz CT molecular complexity index is 3510. The minimum absolute atomic E-state index is 0.865. The Balaban J connectivity index is 1.05. The molecule has 0 radical (unpaired) electrons. The number of thiophene rings is 1. The number of benzene rings is 9. The van der Waals surface area contributed by atoms with Crippen molar-refractivity contribution >= 4 is 92.3 Å². The third kappa shape index (κ3) is 5.05. The average molecular weight is 759 g/mol. The van der Waals surface area contributed by atoms with E-state index in [-0.39, 0.29) is 0 Å². The smallest absolute Gasteiger partial charge is 0.159 e. The van der Waals surface area contributed by atoms with E-state index in [0.29, 0.717) is 0 Å². The van der Waals surface area contributed by atoms with Crippen molar-refractivity contribution in [2.24, 2.45) is 0 Å². The zero-order chi connectivity index (χ0) is 38.2. The molecule has 0 fully saturated rings. The van der Waals surface area contributed by atoms with Crippen LogP contribution in [0.3, 0.4) is 0 Å². The molecule has 0 amide bonds. The summed E-state index contributed by atoms with van der Waals surface area (Å²) in [6.07, 6.45) is 0. The molecule has 3 heterocycles. The number of anilines is 3. The van der Waals surface area contributed by atoms with E-state index in [1.807, 2.05) is 17.4 Å². The lowest BCUT2D eigenvalue weighted by molar-refractivity contribution is 0.669. The number of para-hydroxylation sites is 4. The summed E-state index contributed by atoms with van der Waals surface area (Å²) in [6, 6.07) is 74.2. The van der Waals surface area contributed by atoms with Crippen molar-refractivity contribution < 1.29 is 4.42 Å².